The molecular formula is C14H16Cl2N3OS-. The summed E-state index contributed by atoms with van der Waals surface area (Å²) in [5, 5.41) is 6.00. The van der Waals surface area contributed by atoms with Crippen molar-refractivity contribution in [2.45, 2.75) is 18.9 Å². The van der Waals surface area contributed by atoms with Crippen molar-refractivity contribution in [1.29, 1.82) is 0 Å². The van der Waals surface area contributed by atoms with Gasteiger partial charge in [-0.3, -0.25) is 10.4 Å². The Bertz CT molecular complexity index is 528. The first kappa shape index (κ1) is 16.6. The Morgan fingerprint density at radius 2 is 2.19 bits per heavy atom. The van der Waals surface area contributed by atoms with Crippen molar-refractivity contribution >= 4 is 34.2 Å². The predicted octanol–water partition coefficient (Wildman–Crippen LogP) is -0.0805. The Kier molecular flexibility index (Phi) is 6.36. The molecule has 21 heavy (non-hydrogen) atoms. The lowest BCUT2D eigenvalue weighted by Gasteiger charge is -2.15. The summed E-state index contributed by atoms with van der Waals surface area (Å²) in [7, 11) is 0. The molecule has 1 atom stereocenters. The molecule has 7 heteroatoms. The summed E-state index contributed by atoms with van der Waals surface area (Å²) < 4.78 is 5.55. The minimum atomic E-state index is 0. The van der Waals surface area contributed by atoms with E-state index in [1.54, 1.807) is 11.8 Å². The molecule has 0 saturated carbocycles. The Labute approximate surface area is 139 Å². The van der Waals surface area contributed by atoms with Crippen molar-refractivity contribution in [3.63, 3.8) is 0 Å². The van der Waals surface area contributed by atoms with E-state index < -0.39 is 0 Å². The van der Waals surface area contributed by atoms with Crippen LogP contribution in [0.1, 0.15) is 18.4 Å². The van der Waals surface area contributed by atoms with Crippen LogP contribution in [0, 0.1) is 0 Å². The Morgan fingerprint density at radius 1 is 1.38 bits per heavy atom. The smallest absolute Gasteiger partial charge is 0.177 e. The second-order valence-corrected chi connectivity index (χ2v) is 6.15. The van der Waals surface area contributed by atoms with Crippen molar-refractivity contribution in [1.82, 2.24) is 5.43 Å². The van der Waals surface area contributed by atoms with Crippen LogP contribution in [-0.4, -0.2) is 35.9 Å². The zero-order valence-corrected chi connectivity index (χ0v) is 13.7. The maximum Gasteiger partial charge on any atom is 0.177 e. The molecule has 2 aliphatic heterocycles. The lowest BCUT2D eigenvalue weighted by Crippen LogP contribution is -3.00. The summed E-state index contributed by atoms with van der Waals surface area (Å²) in [5.41, 5.74) is 5.13. The zero-order chi connectivity index (χ0) is 13.8. The third kappa shape index (κ3) is 4.61. The van der Waals surface area contributed by atoms with Crippen molar-refractivity contribution < 1.29 is 17.1 Å². The standard InChI is InChI=1S/C14H16ClN3OS.ClH/c15-11-5-3-10(4-6-11)13-9-20-14(18-17-13)16-8-12-2-1-7-19-12;/h3-6,12H,1-2,7-9H2,(H,16,18);1H/p-1. The molecule has 1 aromatic carbocycles. The first-order chi connectivity index (χ1) is 9.81. The molecule has 0 aromatic heterocycles. The molecule has 0 aliphatic carbocycles. The number of nitrogens with zero attached hydrogens (tertiary/aromatic N) is 2. The van der Waals surface area contributed by atoms with Crippen molar-refractivity contribution in [3.8, 4) is 0 Å². The van der Waals surface area contributed by atoms with Gasteiger partial charge >= 0.3 is 0 Å². The number of halogens is 2. The van der Waals surface area contributed by atoms with Crippen LogP contribution < -0.4 is 17.8 Å². The number of benzene rings is 1. The van der Waals surface area contributed by atoms with Crippen LogP contribution in [0.2, 0.25) is 5.02 Å². The van der Waals surface area contributed by atoms with Gasteiger partial charge in [0.15, 0.2) is 5.17 Å². The number of hydrazone groups is 1. The molecule has 0 radical (unpaired) electrons. The second kappa shape index (κ2) is 8.03. The third-order valence-electron chi connectivity index (χ3n) is 3.27. The van der Waals surface area contributed by atoms with Crippen molar-refractivity contribution in [2.75, 3.05) is 18.9 Å². The summed E-state index contributed by atoms with van der Waals surface area (Å²) in [5.74, 6) is 0.818. The molecule has 0 spiro atoms. The van der Waals surface area contributed by atoms with E-state index in [2.05, 4.69) is 15.5 Å². The number of nitrogens with one attached hydrogen (secondary N) is 1. The molecule has 1 unspecified atom stereocenters. The van der Waals surface area contributed by atoms with E-state index in [4.69, 9.17) is 16.3 Å². The first-order valence-electron chi connectivity index (χ1n) is 6.68. The van der Waals surface area contributed by atoms with Crippen LogP contribution in [0.4, 0.5) is 0 Å². The van der Waals surface area contributed by atoms with Gasteiger partial charge in [-0.1, -0.05) is 35.5 Å². The van der Waals surface area contributed by atoms with Gasteiger partial charge in [-0.25, -0.2) is 0 Å². The van der Waals surface area contributed by atoms with E-state index in [0.29, 0.717) is 0 Å². The largest absolute Gasteiger partial charge is 1.00 e. The fourth-order valence-corrected chi connectivity index (χ4v) is 3.07. The monoisotopic (exact) mass is 344 g/mol. The van der Waals surface area contributed by atoms with Crippen LogP contribution in [-0.2, 0) is 4.74 Å². The summed E-state index contributed by atoms with van der Waals surface area (Å²) in [4.78, 5) is 4.52. The molecule has 1 N–H and O–H groups in total. The molecule has 0 bridgehead atoms. The second-order valence-electron chi connectivity index (χ2n) is 4.75. The van der Waals surface area contributed by atoms with E-state index in [1.165, 1.54) is 0 Å². The van der Waals surface area contributed by atoms with Gasteiger partial charge in [0.1, 0.15) is 0 Å². The van der Waals surface area contributed by atoms with E-state index in [-0.39, 0.29) is 18.5 Å². The molecule has 2 aliphatic rings. The summed E-state index contributed by atoms with van der Waals surface area (Å²) in [6.45, 7) is 1.59. The highest BCUT2D eigenvalue weighted by Crippen LogP contribution is 2.17. The highest BCUT2D eigenvalue weighted by atomic mass is 35.5. The number of ether oxygens (including phenoxy) is 1. The lowest BCUT2D eigenvalue weighted by molar-refractivity contribution is -0.00000511. The number of aliphatic imine (C=N–C) groups is 1. The Hall–Kier alpha value is -0.750. The summed E-state index contributed by atoms with van der Waals surface area (Å²) >= 11 is 7.56. The highest BCUT2D eigenvalue weighted by Gasteiger charge is 2.17. The fourth-order valence-electron chi connectivity index (χ4n) is 2.16. The Balaban J connectivity index is 0.00000161. The number of hydrogen-bond acceptors (Lipinski definition) is 4. The number of thioether (sulfide) groups is 1. The van der Waals surface area contributed by atoms with Gasteiger partial charge in [-0.05, 0) is 30.5 Å². The van der Waals surface area contributed by atoms with E-state index in [9.17, 15) is 0 Å². The van der Waals surface area contributed by atoms with Gasteiger partial charge in [0, 0.05) is 17.4 Å². The maximum atomic E-state index is 5.89. The average molecular weight is 345 g/mol. The molecule has 1 fully saturated rings. The van der Waals surface area contributed by atoms with Crippen LogP contribution >= 0.6 is 23.4 Å². The van der Waals surface area contributed by atoms with Gasteiger partial charge in [-0.15, -0.1) is 0 Å². The van der Waals surface area contributed by atoms with Gasteiger partial charge in [0.2, 0.25) is 0 Å². The molecule has 114 valence electrons. The lowest BCUT2D eigenvalue weighted by atomic mass is 10.1. The van der Waals surface area contributed by atoms with Crippen LogP contribution in [0.3, 0.4) is 0 Å². The van der Waals surface area contributed by atoms with E-state index in [0.717, 1.165) is 53.2 Å². The summed E-state index contributed by atoms with van der Waals surface area (Å²) in [6, 6.07) is 7.73. The van der Waals surface area contributed by atoms with Gasteiger partial charge in [-0.2, -0.15) is 5.10 Å². The van der Waals surface area contributed by atoms with Gasteiger partial charge in [0.25, 0.3) is 0 Å². The SMILES string of the molecule is Clc1ccc(C2=NNC(=NCC3CCCO3)SC2)cc1.[Cl-]. The maximum absolute atomic E-state index is 5.89. The van der Waals surface area contributed by atoms with Gasteiger partial charge < -0.3 is 17.1 Å². The minimum absolute atomic E-state index is 0. The van der Waals surface area contributed by atoms with E-state index in [1.807, 2.05) is 24.3 Å². The molecule has 1 aromatic rings. The fraction of sp³-hybridized carbons (Fsp3) is 0.429. The highest BCUT2D eigenvalue weighted by molar-refractivity contribution is 8.14. The van der Waals surface area contributed by atoms with Crippen molar-refractivity contribution in [2.24, 2.45) is 10.1 Å². The average Bonchev–Trinajstić information content (AvgIpc) is 3.00. The molecule has 2 heterocycles. The molecule has 0 amide bonds. The van der Waals surface area contributed by atoms with Crippen molar-refractivity contribution in [3.05, 3.63) is 34.9 Å². The minimum Gasteiger partial charge on any atom is -1.00 e. The topological polar surface area (TPSA) is 46.0 Å². The Morgan fingerprint density at radius 3 is 2.81 bits per heavy atom. The van der Waals surface area contributed by atoms with Crippen LogP contribution in [0.5, 0.6) is 0 Å². The molecule has 3 rings (SSSR count). The van der Waals surface area contributed by atoms with Crippen LogP contribution in [0.15, 0.2) is 34.4 Å². The molecule has 4 nitrogen and oxygen atoms in total. The number of hydrogen-bond donors (Lipinski definition) is 1. The van der Waals surface area contributed by atoms with Gasteiger partial charge in [0.05, 0.1) is 18.4 Å². The summed E-state index contributed by atoms with van der Waals surface area (Å²) in [6.07, 6.45) is 2.54. The number of rotatable bonds is 3. The quantitative estimate of drug-likeness (QED) is 0.834. The molecular weight excluding hydrogens is 329 g/mol. The molecule has 1 saturated heterocycles. The van der Waals surface area contributed by atoms with Crippen LogP contribution in [0.25, 0.3) is 0 Å². The predicted molar refractivity (Wildman–Crippen MR) is 84.9 cm³/mol. The first-order valence-corrected chi connectivity index (χ1v) is 8.05. The normalized spacial score (nSPS) is 23.4. The zero-order valence-electron chi connectivity index (χ0n) is 11.4. The number of amidine groups is 1. The third-order valence-corrected chi connectivity index (χ3v) is 4.44. The van der Waals surface area contributed by atoms with E-state index >= 15 is 0 Å².